The second-order valence-electron chi connectivity index (χ2n) is 34.1. The van der Waals surface area contributed by atoms with Crippen LogP contribution in [0.25, 0.3) is 0 Å². The van der Waals surface area contributed by atoms with E-state index in [9.17, 15) is 111 Å². The Morgan fingerprint density at radius 2 is 0.886 bits per heavy atom. The third-order valence-electron chi connectivity index (χ3n) is 24.1. The van der Waals surface area contributed by atoms with Crippen LogP contribution < -0.4 is 16.0 Å². The summed E-state index contributed by atoms with van der Waals surface area (Å²) in [6.07, 6.45) is -19.7. The van der Waals surface area contributed by atoms with Crippen molar-refractivity contribution in [2.24, 2.45) is 0 Å². The highest BCUT2D eigenvalue weighted by Crippen LogP contribution is 2.42. The van der Waals surface area contributed by atoms with Gasteiger partial charge in [0, 0.05) is 26.7 Å². The summed E-state index contributed by atoms with van der Waals surface area (Å²) in [5.41, 5.74) is 0. The normalized spacial score (nSPS) is 35.4. The van der Waals surface area contributed by atoms with Crippen molar-refractivity contribution in [2.75, 3.05) is 39.6 Å². The molecule has 0 aliphatic carbocycles. The fraction of sp³-hybridized carbons (Fsp3) is 0.929. The van der Waals surface area contributed by atoms with Crippen molar-refractivity contribution >= 4 is 23.7 Å². The number of allylic oxidation sites excluding steroid dienone is 1. The molecule has 0 radical (unpaired) electrons. The van der Waals surface area contributed by atoms with Crippen LogP contribution in [0.3, 0.4) is 0 Å². The van der Waals surface area contributed by atoms with Crippen molar-refractivity contribution in [3.05, 3.63) is 12.2 Å². The summed E-state index contributed by atoms with van der Waals surface area (Å²) < 4.78 is 88.3. The maximum atomic E-state index is 16.4. The van der Waals surface area contributed by atoms with Crippen LogP contribution in [0.2, 0.25) is 0 Å². The van der Waals surface area contributed by atoms with E-state index >= 15 is 4.39 Å². The van der Waals surface area contributed by atoms with Crippen molar-refractivity contribution in [3.63, 3.8) is 0 Å². The molecule has 0 spiro atoms. The van der Waals surface area contributed by atoms with Gasteiger partial charge < -0.3 is 165 Å². The molecule has 33 atom stereocenters. The lowest BCUT2D eigenvalue weighted by Crippen LogP contribution is -2.72. The Labute approximate surface area is 722 Å². The average molecular weight is 1780 g/mol. The van der Waals surface area contributed by atoms with Crippen LogP contribution in [0.1, 0.15) is 259 Å². The van der Waals surface area contributed by atoms with Gasteiger partial charge in [0.25, 0.3) is 5.79 Å². The zero-order valence-electron chi connectivity index (χ0n) is 72.6. The van der Waals surface area contributed by atoms with Crippen molar-refractivity contribution in [3.8, 4) is 0 Å². The van der Waals surface area contributed by atoms with Gasteiger partial charge in [-0.3, -0.25) is 14.4 Å². The molecule has 6 aliphatic heterocycles. The minimum Gasteiger partial charge on any atom is -0.477 e. The maximum absolute atomic E-state index is 16.4. The molecule has 6 rings (SSSR count). The van der Waals surface area contributed by atoms with Crippen molar-refractivity contribution < 1.29 is 172 Å². The Bertz CT molecular complexity index is 2930. The minimum absolute atomic E-state index is 0.148. The zero-order valence-corrected chi connectivity index (χ0v) is 72.6. The van der Waals surface area contributed by atoms with Crippen LogP contribution in [0.4, 0.5) is 4.39 Å². The molecular weight excluding hydrogens is 1630 g/mol. The summed E-state index contributed by atoms with van der Waals surface area (Å²) in [6, 6.07) is -4.88. The molecule has 0 aromatic heterocycles. The summed E-state index contributed by atoms with van der Waals surface area (Å²) in [7, 11) is 0. The number of aliphatic hydroxyl groups excluding tert-OH is 17. The Balaban J connectivity index is 1.15. The maximum Gasteiger partial charge on any atom is 0.364 e. The molecule has 123 heavy (non-hydrogen) atoms. The number of hydrogen-bond donors (Lipinski definition) is 21. The Hall–Kier alpha value is -3.61. The summed E-state index contributed by atoms with van der Waals surface area (Å²) in [4.78, 5) is 52.8. The molecule has 6 saturated heterocycles. The highest BCUT2D eigenvalue weighted by Gasteiger charge is 2.62. The van der Waals surface area contributed by atoms with Gasteiger partial charge in [-0.25, -0.2) is 9.18 Å². The van der Waals surface area contributed by atoms with E-state index in [0.29, 0.717) is 12.8 Å². The van der Waals surface area contributed by atoms with Gasteiger partial charge in [-0.15, -0.1) is 0 Å². The van der Waals surface area contributed by atoms with Crippen molar-refractivity contribution in [1.82, 2.24) is 16.0 Å². The number of alkyl halides is 1. The number of rotatable bonds is 60. The van der Waals surface area contributed by atoms with Gasteiger partial charge in [0.1, 0.15) is 128 Å². The molecule has 6 fully saturated rings. The van der Waals surface area contributed by atoms with Crippen LogP contribution >= 0.6 is 0 Å². The minimum atomic E-state index is -3.29. The Kier molecular flexibility index (Phi) is 50.6. The molecule has 1 unspecified atom stereocenters. The predicted molar refractivity (Wildman–Crippen MR) is 436 cm³/mol. The molecule has 0 saturated carbocycles. The first-order chi connectivity index (χ1) is 59.0. The molecule has 0 aromatic rings. The second-order valence-corrected chi connectivity index (χ2v) is 34.1. The lowest BCUT2D eigenvalue weighted by molar-refractivity contribution is -0.398. The highest BCUT2D eigenvalue weighted by atomic mass is 19.1. The summed E-state index contributed by atoms with van der Waals surface area (Å²) in [5.74, 6) is -7.63. The van der Waals surface area contributed by atoms with Crippen LogP contribution in [0, 0.1) is 0 Å². The number of aliphatic hydroxyl groups is 17. The van der Waals surface area contributed by atoms with E-state index in [2.05, 4.69) is 29.8 Å². The van der Waals surface area contributed by atoms with E-state index in [1.165, 1.54) is 155 Å². The fourth-order valence-electron chi connectivity index (χ4n) is 16.8. The average Bonchev–Trinajstić information content (AvgIpc) is 0.752. The first kappa shape index (κ1) is 108. The number of carboxylic acids is 1. The number of carbonyl (C=O) groups excluding carboxylic acids is 3. The third-order valence-corrected chi connectivity index (χ3v) is 24.1. The molecule has 38 heteroatoms. The van der Waals surface area contributed by atoms with Crippen LogP contribution in [0.5, 0.6) is 0 Å². The Morgan fingerprint density at radius 3 is 1.37 bits per heavy atom. The van der Waals surface area contributed by atoms with Crippen molar-refractivity contribution in [2.45, 2.75) is 461 Å². The smallest absolute Gasteiger partial charge is 0.364 e. The van der Waals surface area contributed by atoms with E-state index < -0.39 is 266 Å². The number of amides is 3. The van der Waals surface area contributed by atoms with Gasteiger partial charge in [0.2, 0.25) is 17.7 Å². The molecule has 37 nitrogen and oxygen atoms in total. The molecule has 6 aliphatic rings. The number of carbonyl (C=O) groups is 4. The predicted octanol–water partition coefficient (Wildman–Crippen LogP) is 1.13. The molecule has 3 amide bonds. The van der Waals surface area contributed by atoms with Gasteiger partial charge in [0.05, 0.1) is 70.0 Å². The van der Waals surface area contributed by atoms with E-state index in [4.69, 9.17) is 56.8 Å². The summed E-state index contributed by atoms with van der Waals surface area (Å²) >= 11 is 0. The van der Waals surface area contributed by atoms with Gasteiger partial charge >= 0.3 is 5.97 Å². The fourth-order valence-corrected chi connectivity index (χ4v) is 16.8. The standard InChI is InChI=1S/C85H152FN3O34/c1-6-8-10-12-14-16-18-20-21-22-23-24-25-26-27-29-31-33-35-37-39-41-60(100)89-52(53(97)40-38-36-34-32-30-28-19-17-15-13-11-9-7-2)48-112-81-70(107)69(106)73(58(46-93)117-81)118-82-71(108)77(66(103)56(44-91)114-82)121-80-63(88-51(5)96)76(120-79-61(86)68(105)64(101)49(3)113-79)74(59(47-94)116-80)119-83-72(109)78(67(104)57(45-92)115-83)123-85(84(110)111)42-54(98)62(87-50(4)95)75(122-85)65(102)55(99)43-90/h38,40,49,52-59,61-83,90-94,97-99,101-109H,6-37,39,41-48H2,1-5H3,(H,87,95)(H,88,96)(H,89,100)(H,110,111)/b40-38+/t49-,52-,53+,54-,55+,56+,57+,58+,59+,61-,62+,63+,64+,65+,66-,67-,68-,69+,70+,71+,72+,73+,74+,75+,76+,77-,78-,79-,80-,81+,82-,83?,85-/m0/s1. The highest BCUT2D eigenvalue weighted by molar-refractivity contribution is 5.77. The number of hydrogen-bond acceptors (Lipinski definition) is 33. The lowest BCUT2D eigenvalue weighted by Gasteiger charge is -2.52. The number of carboxylic acid groups (broad SMARTS) is 1. The quantitative estimate of drug-likeness (QED) is 0.0300. The first-order valence-electron chi connectivity index (χ1n) is 45.4. The number of nitrogens with one attached hydrogen (secondary N) is 3. The first-order valence-corrected chi connectivity index (χ1v) is 45.4. The molecule has 718 valence electrons. The summed E-state index contributed by atoms with van der Waals surface area (Å²) in [5, 5.41) is 209. The topological polar surface area (TPSA) is 579 Å². The van der Waals surface area contributed by atoms with Gasteiger partial charge in [-0.2, -0.15) is 0 Å². The molecule has 0 aromatic carbocycles. The third kappa shape index (κ3) is 33.6. The molecule has 6 heterocycles. The van der Waals surface area contributed by atoms with Gasteiger partial charge in [0.15, 0.2) is 37.6 Å². The number of ether oxygens (including phenoxy) is 12. The molecule has 21 N–H and O–H groups in total. The van der Waals surface area contributed by atoms with E-state index in [1.54, 1.807) is 6.08 Å². The van der Waals surface area contributed by atoms with Gasteiger partial charge in [-0.05, 0) is 26.2 Å². The number of unbranched alkanes of at least 4 members (excludes halogenated alkanes) is 31. The van der Waals surface area contributed by atoms with Crippen LogP contribution in [-0.4, -0.2) is 357 Å². The largest absolute Gasteiger partial charge is 0.477 e. The van der Waals surface area contributed by atoms with Crippen LogP contribution in [0.15, 0.2) is 12.2 Å². The lowest BCUT2D eigenvalue weighted by atomic mass is 9.88. The number of aliphatic carboxylic acids is 1. The van der Waals surface area contributed by atoms with Crippen molar-refractivity contribution in [1.29, 1.82) is 0 Å². The SMILES string of the molecule is CCCCCCCCCCCCC/C=C/[C@@H](O)[C@H](CO[C@@H]1O[C@H](CO)[C@@H](O[C@@H]2O[C@H](CO)[C@H](O)[C@H](O[C@@H]3O[C@H](CO)[C@@H](OC4O[C@H](CO)[C@H](O)[C@H](O[C@]5(C(=O)O)C[C@H](O)[C@@H](NC(C)=O)[C@H]([C@H](O)[C@H](O)CO)O5)[C@H]4O)[C@H](O[C@@H]4O[C@@H](C)[C@@H](O)[C@@H](O)[C@@H]4F)[C@H]3NC(C)=O)[C@H]2O)[C@H](O)[C@H]1O)NC(=O)CCCCCCCCCCCCCCCCCCCCCCC. The number of halogens is 1. The van der Waals surface area contributed by atoms with Crippen LogP contribution in [-0.2, 0) is 76.0 Å². The zero-order chi connectivity index (χ0) is 90.3. The van der Waals surface area contributed by atoms with E-state index in [0.717, 1.165) is 65.2 Å². The Morgan fingerprint density at radius 1 is 0.463 bits per heavy atom. The molecular formula is C85H152FN3O34. The van der Waals surface area contributed by atoms with E-state index in [-0.39, 0.29) is 12.3 Å². The monoisotopic (exact) mass is 1780 g/mol. The summed E-state index contributed by atoms with van der Waals surface area (Å²) in [6.45, 7) is 1.37. The van der Waals surface area contributed by atoms with Gasteiger partial charge in [-0.1, -0.05) is 219 Å². The second kappa shape index (κ2) is 57.5. The van der Waals surface area contributed by atoms with E-state index in [1.807, 2.05) is 6.08 Å². The molecule has 0 bridgehead atoms.